The number of nitrogens with one attached hydrogen (secondary N) is 2. The molecule has 4 nitrogen and oxygen atoms in total. The molecule has 18 heavy (non-hydrogen) atoms. The Morgan fingerprint density at radius 1 is 1.06 bits per heavy atom. The molecular formula is C14H28N2O2. The van der Waals surface area contributed by atoms with Gasteiger partial charge in [-0.3, -0.25) is 9.59 Å². The average Bonchev–Trinajstić information content (AvgIpc) is 2.21. The van der Waals surface area contributed by atoms with Gasteiger partial charge in [0.25, 0.3) is 0 Å². The lowest BCUT2D eigenvalue weighted by Gasteiger charge is -2.19. The van der Waals surface area contributed by atoms with Gasteiger partial charge >= 0.3 is 0 Å². The van der Waals surface area contributed by atoms with Crippen LogP contribution in [0.2, 0.25) is 0 Å². The fourth-order valence-corrected chi connectivity index (χ4v) is 1.41. The Morgan fingerprint density at radius 3 is 2.06 bits per heavy atom. The predicted octanol–water partition coefficient (Wildman–Crippen LogP) is 2.09. The van der Waals surface area contributed by atoms with Crippen molar-refractivity contribution in [1.82, 2.24) is 10.6 Å². The highest BCUT2D eigenvalue weighted by Gasteiger charge is 2.21. The fourth-order valence-electron chi connectivity index (χ4n) is 1.41. The summed E-state index contributed by atoms with van der Waals surface area (Å²) in [5.41, 5.74) is -0.455. The molecular weight excluding hydrogens is 228 g/mol. The molecule has 0 aliphatic heterocycles. The Bertz CT molecular complexity index is 280. The van der Waals surface area contributed by atoms with E-state index in [4.69, 9.17) is 0 Å². The molecule has 1 atom stereocenters. The molecule has 4 heteroatoms. The number of hydrogen-bond donors (Lipinski definition) is 2. The second-order valence-corrected chi connectivity index (χ2v) is 6.37. The molecule has 0 heterocycles. The van der Waals surface area contributed by atoms with Gasteiger partial charge in [-0.2, -0.15) is 0 Å². The largest absolute Gasteiger partial charge is 0.352 e. The monoisotopic (exact) mass is 256 g/mol. The van der Waals surface area contributed by atoms with E-state index in [-0.39, 0.29) is 24.4 Å². The molecule has 0 saturated heterocycles. The molecule has 0 aliphatic rings. The van der Waals surface area contributed by atoms with Crippen LogP contribution in [-0.2, 0) is 9.59 Å². The van der Waals surface area contributed by atoms with Crippen molar-refractivity contribution in [2.24, 2.45) is 11.3 Å². The van der Waals surface area contributed by atoms with E-state index in [0.717, 1.165) is 12.8 Å². The lowest BCUT2D eigenvalue weighted by molar-refractivity contribution is -0.131. The van der Waals surface area contributed by atoms with Crippen molar-refractivity contribution < 1.29 is 9.59 Å². The number of carbonyl (C=O) groups excluding carboxylic acids is 2. The lowest BCUT2D eigenvalue weighted by Crippen LogP contribution is -2.44. The van der Waals surface area contributed by atoms with Crippen LogP contribution in [0, 0.1) is 11.3 Å². The first-order chi connectivity index (χ1) is 8.12. The first-order valence-electron chi connectivity index (χ1n) is 6.70. The van der Waals surface area contributed by atoms with E-state index in [1.165, 1.54) is 0 Å². The number of amides is 2. The second-order valence-electron chi connectivity index (χ2n) is 6.37. The Hall–Kier alpha value is -1.06. The molecule has 1 unspecified atom stereocenters. The quantitative estimate of drug-likeness (QED) is 0.764. The Morgan fingerprint density at radius 2 is 1.61 bits per heavy atom. The highest BCUT2D eigenvalue weighted by Crippen LogP contribution is 2.12. The van der Waals surface area contributed by atoms with E-state index >= 15 is 0 Å². The van der Waals surface area contributed by atoms with Gasteiger partial charge in [0.15, 0.2) is 0 Å². The highest BCUT2D eigenvalue weighted by molar-refractivity contribution is 5.87. The van der Waals surface area contributed by atoms with Gasteiger partial charge in [0.2, 0.25) is 11.8 Å². The van der Waals surface area contributed by atoms with Gasteiger partial charge in [0.05, 0.1) is 6.54 Å². The third-order valence-corrected chi connectivity index (χ3v) is 2.68. The summed E-state index contributed by atoms with van der Waals surface area (Å²) in [6.45, 7) is 11.9. The highest BCUT2D eigenvalue weighted by atomic mass is 16.2. The first kappa shape index (κ1) is 16.9. The van der Waals surface area contributed by atoms with Crippen molar-refractivity contribution in [2.45, 2.75) is 60.4 Å². The van der Waals surface area contributed by atoms with Gasteiger partial charge in [-0.25, -0.2) is 0 Å². The smallest absolute Gasteiger partial charge is 0.239 e. The van der Waals surface area contributed by atoms with Crippen LogP contribution in [0.3, 0.4) is 0 Å². The minimum Gasteiger partial charge on any atom is -0.352 e. The first-order valence-corrected chi connectivity index (χ1v) is 6.70. The van der Waals surface area contributed by atoms with Crippen LogP contribution in [0.1, 0.15) is 54.4 Å². The molecule has 0 radical (unpaired) electrons. The summed E-state index contributed by atoms with van der Waals surface area (Å²) < 4.78 is 0. The summed E-state index contributed by atoms with van der Waals surface area (Å²) in [6.07, 6.45) is 2.06. The summed E-state index contributed by atoms with van der Waals surface area (Å²) >= 11 is 0. The molecule has 0 rings (SSSR count). The third-order valence-electron chi connectivity index (χ3n) is 2.68. The lowest BCUT2D eigenvalue weighted by atomic mass is 9.96. The fraction of sp³-hybridized carbons (Fsp3) is 0.857. The molecule has 0 fully saturated rings. The SMILES string of the molecule is CC(C)CCC(C)NC(=O)CNC(=O)C(C)(C)C. The van der Waals surface area contributed by atoms with Crippen molar-refractivity contribution in [3.05, 3.63) is 0 Å². The molecule has 0 aromatic carbocycles. The normalized spacial score (nSPS) is 13.3. The number of hydrogen-bond acceptors (Lipinski definition) is 2. The standard InChI is InChI=1S/C14H28N2O2/c1-10(2)7-8-11(3)16-12(17)9-15-13(18)14(4,5)6/h10-11H,7-9H2,1-6H3,(H,15,18)(H,16,17). The third kappa shape index (κ3) is 8.09. The van der Waals surface area contributed by atoms with Crippen LogP contribution in [0.5, 0.6) is 0 Å². The Kier molecular flexibility index (Phi) is 6.96. The number of rotatable bonds is 6. The van der Waals surface area contributed by atoms with E-state index in [1.807, 2.05) is 27.7 Å². The molecule has 0 aromatic rings. The van der Waals surface area contributed by atoms with Gasteiger partial charge in [-0.15, -0.1) is 0 Å². The van der Waals surface area contributed by atoms with Crippen LogP contribution < -0.4 is 10.6 Å². The van der Waals surface area contributed by atoms with Gasteiger partial charge in [-0.05, 0) is 25.7 Å². The van der Waals surface area contributed by atoms with Crippen LogP contribution in [0.25, 0.3) is 0 Å². The van der Waals surface area contributed by atoms with Crippen molar-refractivity contribution in [3.63, 3.8) is 0 Å². The van der Waals surface area contributed by atoms with Crippen molar-refractivity contribution >= 4 is 11.8 Å². The topological polar surface area (TPSA) is 58.2 Å². The number of carbonyl (C=O) groups is 2. The van der Waals surface area contributed by atoms with Gasteiger partial charge in [-0.1, -0.05) is 34.6 Å². The maximum atomic E-state index is 11.6. The molecule has 2 N–H and O–H groups in total. The molecule has 0 aromatic heterocycles. The van der Waals surface area contributed by atoms with E-state index in [0.29, 0.717) is 5.92 Å². The predicted molar refractivity (Wildman–Crippen MR) is 74.1 cm³/mol. The van der Waals surface area contributed by atoms with Crippen LogP contribution in [0.15, 0.2) is 0 Å². The van der Waals surface area contributed by atoms with Crippen molar-refractivity contribution in [3.8, 4) is 0 Å². The molecule has 106 valence electrons. The maximum absolute atomic E-state index is 11.6. The molecule has 2 amide bonds. The summed E-state index contributed by atoms with van der Waals surface area (Å²) in [5, 5.41) is 5.53. The second kappa shape index (κ2) is 7.39. The van der Waals surface area contributed by atoms with E-state index in [9.17, 15) is 9.59 Å². The zero-order valence-electron chi connectivity index (χ0n) is 12.6. The minimum atomic E-state index is -0.455. The van der Waals surface area contributed by atoms with Gasteiger partial charge in [0.1, 0.15) is 0 Å². The molecule has 0 bridgehead atoms. The summed E-state index contributed by atoms with van der Waals surface area (Å²) in [7, 11) is 0. The van der Waals surface area contributed by atoms with E-state index < -0.39 is 5.41 Å². The van der Waals surface area contributed by atoms with Crippen molar-refractivity contribution in [1.29, 1.82) is 0 Å². The van der Waals surface area contributed by atoms with E-state index in [1.54, 1.807) is 0 Å². The summed E-state index contributed by atoms with van der Waals surface area (Å²) in [5.74, 6) is 0.418. The summed E-state index contributed by atoms with van der Waals surface area (Å²) in [4.78, 5) is 23.2. The summed E-state index contributed by atoms with van der Waals surface area (Å²) in [6, 6.07) is 0.159. The maximum Gasteiger partial charge on any atom is 0.239 e. The molecule has 0 spiro atoms. The van der Waals surface area contributed by atoms with E-state index in [2.05, 4.69) is 24.5 Å². The van der Waals surface area contributed by atoms with Crippen LogP contribution >= 0.6 is 0 Å². The van der Waals surface area contributed by atoms with Crippen LogP contribution in [0.4, 0.5) is 0 Å². The van der Waals surface area contributed by atoms with Gasteiger partial charge < -0.3 is 10.6 Å². The van der Waals surface area contributed by atoms with Crippen LogP contribution in [-0.4, -0.2) is 24.4 Å². The van der Waals surface area contributed by atoms with Crippen molar-refractivity contribution in [2.75, 3.05) is 6.54 Å². The average molecular weight is 256 g/mol. The Labute approximate surface area is 111 Å². The molecule has 0 aliphatic carbocycles. The zero-order chi connectivity index (χ0) is 14.3. The molecule has 0 saturated carbocycles. The zero-order valence-corrected chi connectivity index (χ0v) is 12.6. The van der Waals surface area contributed by atoms with Gasteiger partial charge in [0, 0.05) is 11.5 Å². The Balaban J connectivity index is 3.88. The minimum absolute atomic E-state index is 0.0577.